The maximum atomic E-state index is 11.7. The van der Waals surface area contributed by atoms with Crippen molar-refractivity contribution in [1.29, 1.82) is 0 Å². The Morgan fingerprint density at radius 1 is 1.26 bits per heavy atom. The smallest absolute Gasteiger partial charge is 0.407 e. The first kappa shape index (κ1) is 13.2. The molecule has 0 aromatic rings. The topological polar surface area (TPSA) is 58.6 Å². The minimum atomic E-state index is -0.378. The van der Waals surface area contributed by atoms with Crippen LogP contribution in [0, 0.1) is 23.2 Å². The maximum Gasteiger partial charge on any atom is 0.407 e. The molecule has 1 amide bonds. The molecule has 108 valence electrons. The van der Waals surface area contributed by atoms with Crippen molar-refractivity contribution in [2.24, 2.45) is 23.2 Å². The van der Waals surface area contributed by atoms with E-state index in [1.54, 1.807) is 0 Å². The van der Waals surface area contributed by atoms with Crippen molar-refractivity contribution in [3.05, 3.63) is 0 Å². The summed E-state index contributed by atoms with van der Waals surface area (Å²) >= 11 is 0. The van der Waals surface area contributed by atoms with Crippen LogP contribution in [0.15, 0.2) is 0 Å². The molecule has 4 saturated carbocycles. The van der Waals surface area contributed by atoms with E-state index in [0.29, 0.717) is 5.41 Å². The number of alkyl carbamates (subject to hydrolysis) is 1. The molecule has 1 atom stereocenters. The molecule has 0 heterocycles. The van der Waals surface area contributed by atoms with Gasteiger partial charge < -0.3 is 15.2 Å². The van der Waals surface area contributed by atoms with Crippen LogP contribution in [-0.4, -0.2) is 30.5 Å². The Labute approximate surface area is 114 Å². The Hall–Kier alpha value is -0.770. The molecule has 0 spiro atoms. The molecule has 4 heteroatoms. The summed E-state index contributed by atoms with van der Waals surface area (Å²) in [6.45, 7) is 2.10. The highest BCUT2D eigenvalue weighted by atomic mass is 16.6. The molecule has 19 heavy (non-hydrogen) atoms. The zero-order valence-electron chi connectivity index (χ0n) is 11.7. The highest BCUT2D eigenvalue weighted by Crippen LogP contribution is 2.61. The number of aliphatic hydroxyl groups excluding tert-OH is 1. The summed E-state index contributed by atoms with van der Waals surface area (Å²) in [6.07, 6.45) is 7.71. The predicted octanol–water partition coefficient (Wildman–Crippen LogP) is 2.31. The second kappa shape index (κ2) is 4.97. The van der Waals surface area contributed by atoms with Gasteiger partial charge in [-0.2, -0.15) is 0 Å². The Balaban J connectivity index is 1.63. The molecule has 2 N–H and O–H groups in total. The summed E-state index contributed by atoms with van der Waals surface area (Å²) in [5.41, 5.74) is 0.312. The van der Waals surface area contributed by atoms with Gasteiger partial charge in [-0.3, -0.25) is 0 Å². The molecule has 4 aliphatic rings. The van der Waals surface area contributed by atoms with Crippen molar-refractivity contribution in [2.45, 2.75) is 51.5 Å². The number of carbonyl (C=O) groups excluding carboxylic acids is 1. The molecular weight excluding hydrogens is 242 g/mol. The SMILES string of the molecule is CC(NC(=O)OCCO)C12CC3CC(CC(C3)C1)C2. The van der Waals surface area contributed by atoms with Crippen LogP contribution in [0.1, 0.15) is 45.4 Å². The van der Waals surface area contributed by atoms with Crippen LogP contribution in [0.2, 0.25) is 0 Å². The van der Waals surface area contributed by atoms with Gasteiger partial charge in [0, 0.05) is 6.04 Å². The van der Waals surface area contributed by atoms with E-state index in [1.165, 1.54) is 38.5 Å². The number of amides is 1. The quantitative estimate of drug-likeness (QED) is 0.821. The summed E-state index contributed by atoms with van der Waals surface area (Å²) in [7, 11) is 0. The van der Waals surface area contributed by atoms with Crippen LogP contribution < -0.4 is 5.32 Å². The van der Waals surface area contributed by atoms with E-state index >= 15 is 0 Å². The average molecular weight is 267 g/mol. The number of rotatable bonds is 4. The standard InChI is InChI=1S/C15H25NO3/c1-10(16-14(18)19-3-2-17)15-7-11-4-12(8-15)6-13(5-11)9-15/h10-13,17H,2-9H2,1H3,(H,16,18). The molecule has 1 unspecified atom stereocenters. The Morgan fingerprint density at radius 2 is 1.79 bits per heavy atom. The predicted molar refractivity (Wildman–Crippen MR) is 71.6 cm³/mol. The third-order valence-corrected chi connectivity index (χ3v) is 5.66. The molecule has 4 aliphatic carbocycles. The summed E-state index contributed by atoms with van der Waals surface area (Å²) in [6, 6.07) is 0.187. The van der Waals surface area contributed by atoms with Gasteiger partial charge in [-0.1, -0.05) is 0 Å². The lowest BCUT2D eigenvalue weighted by molar-refractivity contribution is -0.0697. The number of ether oxygens (including phenoxy) is 1. The Bertz CT molecular complexity index is 320. The molecule has 4 rings (SSSR count). The van der Waals surface area contributed by atoms with E-state index < -0.39 is 0 Å². The maximum absolute atomic E-state index is 11.7. The molecule has 4 bridgehead atoms. The molecule has 0 aromatic heterocycles. The largest absolute Gasteiger partial charge is 0.447 e. The Kier molecular flexibility index (Phi) is 3.46. The lowest BCUT2D eigenvalue weighted by Gasteiger charge is -2.59. The number of nitrogens with one attached hydrogen (secondary N) is 1. The second-order valence-corrected chi connectivity index (χ2v) is 7.01. The van der Waals surface area contributed by atoms with Crippen molar-refractivity contribution in [1.82, 2.24) is 5.32 Å². The van der Waals surface area contributed by atoms with Crippen LogP contribution in [0.3, 0.4) is 0 Å². The van der Waals surface area contributed by atoms with Crippen molar-refractivity contribution in [3.8, 4) is 0 Å². The van der Waals surface area contributed by atoms with Crippen molar-refractivity contribution in [3.63, 3.8) is 0 Å². The summed E-state index contributed by atoms with van der Waals surface area (Å²) in [5, 5.41) is 11.7. The van der Waals surface area contributed by atoms with Crippen LogP contribution >= 0.6 is 0 Å². The molecule has 0 aromatic carbocycles. The fourth-order valence-corrected chi connectivity index (χ4v) is 5.22. The number of aliphatic hydroxyl groups is 1. The fourth-order valence-electron chi connectivity index (χ4n) is 5.22. The van der Waals surface area contributed by atoms with Crippen LogP contribution in [-0.2, 0) is 4.74 Å². The molecule has 0 saturated heterocycles. The van der Waals surface area contributed by atoms with Gasteiger partial charge in [0.25, 0.3) is 0 Å². The zero-order chi connectivity index (χ0) is 13.5. The summed E-state index contributed by atoms with van der Waals surface area (Å²) in [4.78, 5) is 11.7. The molecule has 4 nitrogen and oxygen atoms in total. The monoisotopic (exact) mass is 267 g/mol. The van der Waals surface area contributed by atoms with Crippen LogP contribution in [0.25, 0.3) is 0 Å². The van der Waals surface area contributed by atoms with Gasteiger partial charge in [-0.15, -0.1) is 0 Å². The third kappa shape index (κ3) is 2.47. The third-order valence-electron chi connectivity index (χ3n) is 5.66. The van der Waals surface area contributed by atoms with E-state index in [0.717, 1.165) is 17.8 Å². The van der Waals surface area contributed by atoms with Gasteiger partial charge in [0.1, 0.15) is 6.61 Å². The van der Waals surface area contributed by atoms with Crippen molar-refractivity contribution < 1.29 is 14.6 Å². The van der Waals surface area contributed by atoms with Crippen LogP contribution in [0.5, 0.6) is 0 Å². The van der Waals surface area contributed by atoms with E-state index in [4.69, 9.17) is 9.84 Å². The second-order valence-electron chi connectivity index (χ2n) is 7.01. The average Bonchev–Trinajstić information content (AvgIpc) is 2.34. The minimum absolute atomic E-state index is 0.0828. The van der Waals surface area contributed by atoms with Gasteiger partial charge in [0.15, 0.2) is 0 Å². The number of hydrogen-bond donors (Lipinski definition) is 2. The van der Waals surface area contributed by atoms with Gasteiger partial charge in [-0.25, -0.2) is 4.79 Å². The van der Waals surface area contributed by atoms with E-state index in [-0.39, 0.29) is 25.3 Å². The van der Waals surface area contributed by atoms with Gasteiger partial charge in [0.2, 0.25) is 0 Å². The normalized spacial score (nSPS) is 41.1. The molecule has 0 aliphatic heterocycles. The lowest BCUT2D eigenvalue weighted by atomic mass is 9.48. The number of hydrogen-bond acceptors (Lipinski definition) is 3. The highest BCUT2D eigenvalue weighted by Gasteiger charge is 2.53. The first-order valence-electron chi connectivity index (χ1n) is 7.65. The van der Waals surface area contributed by atoms with E-state index in [1.807, 2.05) is 0 Å². The van der Waals surface area contributed by atoms with E-state index in [2.05, 4.69) is 12.2 Å². The number of carbonyl (C=O) groups is 1. The first-order valence-corrected chi connectivity index (χ1v) is 7.65. The molecule has 4 fully saturated rings. The minimum Gasteiger partial charge on any atom is -0.447 e. The summed E-state index contributed by atoms with van der Waals surface area (Å²) in [5.74, 6) is 2.68. The molecular formula is C15H25NO3. The van der Waals surface area contributed by atoms with E-state index in [9.17, 15) is 4.79 Å². The van der Waals surface area contributed by atoms with Crippen molar-refractivity contribution in [2.75, 3.05) is 13.2 Å². The fraction of sp³-hybridized carbons (Fsp3) is 0.933. The lowest BCUT2D eigenvalue weighted by Crippen LogP contribution is -2.55. The van der Waals surface area contributed by atoms with Crippen LogP contribution in [0.4, 0.5) is 4.79 Å². The highest BCUT2D eigenvalue weighted by molar-refractivity contribution is 5.67. The van der Waals surface area contributed by atoms with Gasteiger partial charge in [-0.05, 0) is 68.6 Å². The molecule has 0 radical (unpaired) electrons. The summed E-state index contributed by atoms with van der Waals surface area (Å²) < 4.78 is 4.93. The first-order chi connectivity index (χ1) is 9.11. The van der Waals surface area contributed by atoms with Gasteiger partial charge in [0.05, 0.1) is 6.61 Å². The Morgan fingerprint density at radius 3 is 2.26 bits per heavy atom. The van der Waals surface area contributed by atoms with Gasteiger partial charge >= 0.3 is 6.09 Å². The van der Waals surface area contributed by atoms with Crippen molar-refractivity contribution >= 4 is 6.09 Å². The zero-order valence-corrected chi connectivity index (χ0v) is 11.7.